The molecule has 0 heterocycles. The highest BCUT2D eigenvalue weighted by Gasteiger charge is 2.00. The Morgan fingerprint density at radius 3 is 2.20 bits per heavy atom. The third-order valence-corrected chi connectivity index (χ3v) is 2.51. The Labute approximate surface area is 116 Å². The molecule has 20 heavy (non-hydrogen) atoms. The van der Waals surface area contributed by atoms with Crippen LogP contribution in [0.3, 0.4) is 0 Å². The smallest absolute Gasteiger partial charge is 0.233 e. The molecule has 5 heteroatoms. The van der Waals surface area contributed by atoms with Crippen LogP contribution in [0.15, 0.2) is 54.6 Å². The van der Waals surface area contributed by atoms with Gasteiger partial charge < -0.3 is 9.47 Å². The molecule has 1 N–H and O–H groups in total. The Morgan fingerprint density at radius 2 is 1.55 bits per heavy atom. The van der Waals surface area contributed by atoms with Crippen LogP contribution in [-0.2, 0) is 4.79 Å². The van der Waals surface area contributed by atoms with Crippen LogP contribution in [-0.4, -0.2) is 29.8 Å². The highest BCUT2D eigenvalue weighted by molar-refractivity contribution is 5.44. The van der Waals surface area contributed by atoms with Gasteiger partial charge in [0.25, 0.3) is 0 Å². The van der Waals surface area contributed by atoms with Crippen molar-refractivity contribution in [3.05, 3.63) is 54.6 Å². The Hall–Kier alpha value is -2.53. The minimum atomic E-state index is 0.117. The first-order chi connectivity index (χ1) is 9.78. The summed E-state index contributed by atoms with van der Waals surface area (Å²) in [5.74, 6) is 2.12. The van der Waals surface area contributed by atoms with Crippen LogP contribution in [0.2, 0.25) is 0 Å². The first-order valence-corrected chi connectivity index (χ1v) is 6.14. The molecule has 2 rings (SSSR count). The van der Waals surface area contributed by atoms with E-state index in [9.17, 15) is 4.79 Å². The van der Waals surface area contributed by atoms with Gasteiger partial charge in [-0.05, 0) is 36.4 Å². The molecule has 5 nitrogen and oxygen atoms in total. The number of amides is 1. The van der Waals surface area contributed by atoms with Crippen molar-refractivity contribution in [3.63, 3.8) is 0 Å². The number of hydrogen-bond acceptors (Lipinski definition) is 4. The predicted molar refractivity (Wildman–Crippen MR) is 73.0 cm³/mol. The van der Waals surface area contributed by atoms with Gasteiger partial charge in [-0.15, -0.1) is 0 Å². The van der Waals surface area contributed by atoms with E-state index in [0.29, 0.717) is 23.0 Å². The van der Waals surface area contributed by atoms with Gasteiger partial charge in [-0.2, -0.15) is 0 Å². The van der Waals surface area contributed by atoms with Crippen LogP contribution in [0.5, 0.6) is 17.2 Å². The lowest BCUT2D eigenvalue weighted by atomic mass is 10.3. The average molecular weight is 273 g/mol. The monoisotopic (exact) mass is 273 g/mol. The molecule has 1 amide bonds. The van der Waals surface area contributed by atoms with E-state index >= 15 is 0 Å². The standard InChI is InChI=1S/C15H15NO4/c17-12-16(18)10-11-19-13-6-8-15(9-7-13)20-14-4-2-1-3-5-14/h1-9,12,18H,10-11H2. The molecule has 0 aliphatic carbocycles. The topological polar surface area (TPSA) is 59.0 Å². The molecule has 0 spiro atoms. The normalized spacial score (nSPS) is 9.85. The lowest BCUT2D eigenvalue weighted by molar-refractivity contribution is -0.150. The summed E-state index contributed by atoms with van der Waals surface area (Å²) in [6.07, 6.45) is 0.333. The van der Waals surface area contributed by atoms with Crippen molar-refractivity contribution in [2.45, 2.75) is 0 Å². The Bertz CT molecular complexity index is 527. The van der Waals surface area contributed by atoms with Crippen LogP contribution < -0.4 is 9.47 Å². The fourth-order valence-electron chi connectivity index (χ4n) is 1.54. The van der Waals surface area contributed by atoms with Crippen molar-refractivity contribution in [2.75, 3.05) is 13.2 Å². The van der Waals surface area contributed by atoms with Gasteiger partial charge in [0.15, 0.2) is 0 Å². The summed E-state index contributed by atoms with van der Waals surface area (Å²) >= 11 is 0. The SMILES string of the molecule is O=CN(O)CCOc1ccc(Oc2ccccc2)cc1. The summed E-state index contributed by atoms with van der Waals surface area (Å²) in [4.78, 5) is 10.2. The van der Waals surface area contributed by atoms with Crippen molar-refractivity contribution in [1.82, 2.24) is 5.06 Å². The Kier molecular flexibility index (Phi) is 4.97. The minimum Gasteiger partial charge on any atom is -0.492 e. The number of ether oxygens (including phenoxy) is 2. The third-order valence-electron chi connectivity index (χ3n) is 2.51. The van der Waals surface area contributed by atoms with E-state index in [1.54, 1.807) is 24.3 Å². The summed E-state index contributed by atoms with van der Waals surface area (Å²) < 4.78 is 11.0. The van der Waals surface area contributed by atoms with E-state index < -0.39 is 0 Å². The van der Waals surface area contributed by atoms with E-state index in [-0.39, 0.29) is 13.2 Å². The van der Waals surface area contributed by atoms with Gasteiger partial charge in [0.2, 0.25) is 6.41 Å². The second-order valence-electron chi connectivity index (χ2n) is 4.00. The second-order valence-corrected chi connectivity index (χ2v) is 4.00. The molecule has 0 aromatic heterocycles. The maximum Gasteiger partial charge on any atom is 0.233 e. The quantitative estimate of drug-likeness (QED) is 0.478. The van der Waals surface area contributed by atoms with Crippen LogP contribution in [0.1, 0.15) is 0 Å². The molecule has 0 saturated heterocycles. The predicted octanol–water partition coefficient (Wildman–Crippen LogP) is 2.71. The molecule has 0 saturated carbocycles. The number of hydroxylamine groups is 2. The maximum absolute atomic E-state index is 10.2. The molecule has 0 atom stereocenters. The highest BCUT2D eigenvalue weighted by Crippen LogP contribution is 2.23. The van der Waals surface area contributed by atoms with Crippen LogP contribution in [0, 0.1) is 0 Å². The van der Waals surface area contributed by atoms with E-state index in [1.807, 2.05) is 30.3 Å². The summed E-state index contributed by atoms with van der Waals surface area (Å²) in [7, 11) is 0. The van der Waals surface area contributed by atoms with Gasteiger partial charge in [-0.1, -0.05) is 18.2 Å². The molecular formula is C15H15NO4. The van der Waals surface area contributed by atoms with Crippen molar-refractivity contribution in [3.8, 4) is 17.2 Å². The van der Waals surface area contributed by atoms with Gasteiger partial charge in [0.1, 0.15) is 23.9 Å². The number of nitrogens with zero attached hydrogens (tertiary/aromatic N) is 1. The fourth-order valence-corrected chi connectivity index (χ4v) is 1.54. The molecule has 2 aromatic rings. The van der Waals surface area contributed by atoms with Crippen molar-refractivity contribution >= 4 is 6.41 Å². The van der Waals surface area contributed by atoms with Crippen molar-refractivity contribution < 1.29 is 19.5 Å². The number of carbonyl (C=O) groups excluding carboxylic acids is 1. The average Bonchev–Trinajstić information content (AvgIpc) is 2.50. The molecule has 0 radical (unpaired) electrons. The first kappa shape index (κ1) is 13.9. The molecule has 0 unspecified atom stereocenters. The molecule has 0 bridgehead atoms. The van der Waals surface area contributed by atoms with E-state index in [1.165, 1.54) is 0 Å². The van der Waals surface area contributed by atoms with Crippen LogP contribution in [0.4, 0.5) is 0 Å². The molecule has 0 fully saturated rings. The van der Waals surface area contributed by atoms with Gasteiger partial charge in [0.05, 0.1) is 6.54 Å². The first-order valence-electron chi connectivity index (χ1n) is 6.14. The lowest BCUT2D eigenvalue weighted by Crippen LogP contribution is -2.23. The number of para-hydroxylation sites is 1. The number of hydrogen-bond donors (Lipinski definition) is 1. The molecular weight excluding hydrogens is 258 g/mol. The summed E-state index contributed by atoms with van der Waals surface area (Å²) in [6.45, 7) is 0.333. The minimum absolute atomic E-state index is 0.117. The van der Waals surface area contributed by atoms with Gasteiger partial charge in [-0.3, -0.25) is 10.0 Å². The molecule has 2 aromatic carbocycles. The summed E-state index contributed by atoms with van der Waals surface area (Å²) in [6, 6.07) is 16.6. The number of carbonyl (C=O) groups is 1. The highest BCUT2D eigenvalue weighted by atomic mass is 16.5. The zero-order valence-corrected chi connectivity index (χ0v) is 10.8. The van der Waals surface area contributed by atoms with E-state index in [4.69, 9.17) is 14.7 Å². The molecule has 104 valence electrons. The summed E-state index contributed by atoms with van der Waals surface area (Å²) in [5, 5.41) is 9.44. The van der Waals surface area contributed by atoms with Gasteiger partial charge >= 0.3 is 0 Å². The summed E-state index contributed by atoms with van der Waals surface area (Å²) in [5.41, 5.74) is 0. The number of rotatable bonds is 7. The van der Waals surface area contributed by atoms with E-state index in [0.717, 1.165) is 5.75 Å². The number of benzene rings is 2. The van der Waals surface area contributed by atoms with Gasteiger partial charge in [0, 0.05) is 0 Å². The van der Waals surface area contributed by atoms with Gasteiger partial charge in [-0.25, -0.2) is 5.06 Å². The van der Waals surface area contributed by atoms with Crippen molar-refractivity contribution in [1.29, 1.82) is 0 Å². The third kappa shape index (κ3) is 4.29. The largest absolute Gasteiger partial charge is 0.492 e. The maximum atomic E-state index is 10.2. The zero-order valence-electron chi connectivity index (χ0n) is 10.8. The molecule has 0 aliphatic heterocycles. The Morgan fingerprint density at radius 1 is 0.950 bits per heavy atom. The fraction of sp³-hybridized carbons (Fsp3) is 0.133. The Balaban J connectivity index is 1.85. The lowest BCUT2D eigenvalue weighted by Gasteiger charge is -2.10. The van der Waals surface area contributed by atoms with Crippen LogP contribution >= 0.6 is 0 Å². The van der Waals surface area contributed by atoms with Crippen molar-refractivity contribution in [2.24, 2.45) is 0 Å². The van der Waals surface area contributed by atoms with E-state index in [2.05, 4.69) is 0 Å². The molecule has 0 aliphatic rings. The zero-order chi connectivity index (χ0) is 14.2. The van der Waals surface area contributed by atoms with Crippen LogP contribution in [0.25, 0.3) is 0 Å². The second kappa shape index (κ2) is 7.16.